The second-order valence-corrected chi connectivity index (χ2v) is 8.25. The van der Waals surface area contributed by atoms with Crippen LogP contribution in [0.2, 0.25) is 0 Å². The number of benzene rings is 1. The summed E-state index contributed by atoms with van der Waals surface area (Å²) in [7, 11) is 0. The standard InChI is InChI=1S/C21H27N3O4/c25-18(24-13-17-6-3-9-21(17,14-24)19(26)27)7-10-22-20(28)23-11-8-15-4-1-2-5-16(15)12-23/h1-2,4-5,17H,3,6-14H2,(H,22,28)(H,26,27)/t17-,21+/m0/s1. The van der Waals surface area contributed by atoms with Gasteiger partial charge in [-0.05, 0) is 36.3 Å². The van der Waals surface area contributed by atoms with Crippen LogP contribution >= 0.6 is 0 Å². The van der Waals surface area contributed by atoms with Crippen molar-refractivity contribution < 1.29 is 19.5 Å². The minimum Gasteiger partial charge on any atom is -0.481 e. The van der Waals surface area contributed by atoms with Gasteiger partial charge in [-0.3, -0.25) is 9.59 Å². The van der Waals surface area contributed by atoms with Crippen LogP contribution < -0.4 is 5.32 Å². The van der Waals surface area contributed by atoms with E-state index >= 15 is 0 Å². The number of hydrogen-bond acceptors (Lipinski definition) is 3. The Morgan fingerprint density at radius 1 is 1.18 bits per heavy atom. The number of nitrogens with zero attached hydrogens (tertiary/aromatic N) is 2. The molecule has 1 aromatic rings. The molecule has 28 heavy (non-hydrogen) atoms. The van der Waals surface area contributed by atoms with E-state index in [0.717, 1.165) is 19.3 Å². The Labute approximate surface area is 164 Å². The number of rotatable bonds is 4. The average Bonchev–Trinajstić information content (AvgIpc) is 3.26. The number of hydrogen-bond donors (Lipinski definition) is 2. The fourth-order valence-electron chi connectivity index (χ4n) is 5.04. The van der Waals surface area contributed by atoms with Gasteiger partial charge in [-0.2, -0.15) is 0 Å². The first kappa shape index (κ1) is 18.8. The molecule has 7 nitrogen and oxygen atoms in total. The summed E-state index contributed by atoms with van der Waals surface area (Å²) in [5, 5.41) is 12.5. The summed E-state index contributed by atoms with van der Waals surface area (Å²) < 4.78 is 0. The van der Waals surface area contributed by atoms with Crippen LogP contribution in [0.5, 0.6) is 0 Å². The van der Waals surface area contributed by atoms with Gasteiger partial charge in [0.1, 0.15) is 0 Å². The van der Waals surface area contributed by atoms with Crippen molar-refractivity contribution in [3.05, 3.63) is 35.4 Å². The Hall–Kier alpha value is -2.57. The van der Waals surface area contributed by atoms with Crippen LogP contribution in [-0.2, 0) is 22.6 Å². The summed E-state index contributed by atoms with van der Waals surface area (Å²) in [5.74, 6) is -0.778. The van der Waals surface area contributed by atoms with E-state index in [1.165, 1.54) is 11.1 Å². The van der Waals surface area contributed by atoms with Crippen LogP contribution in [0.25, 0.3) is 0 Å². The molecule has 0 bridgehead atoms. The number of carbonyl (C=O) groups excluding carboxylic acids is 2. The first-order valence-corrected chi connectivity index (χ1v) is 10.1. The highest BCUT2D eigenvalue weighted by atomic mass is 16.4. The van der Waals surface area contributed by atoms with Crippen molar-refractivity contribution in [1.29, 1.82) is 0 Å². The summed E-state index contributed by atoms with van der Waals surface area (Å²) in [6, 6.07) is 7.98. The number of urea groups is 1. The maximum Gasteiger partial charge on any atom is 0.317 e. The van der Waals surface area contributed by atoms with Crippen LogP contribution in [0.3, 0.4) is 0 Å². The Morgan fingerprint density at radius 2 is 1.96 bits per heavy atom. The molecule has 1 saturated heterocycles. The van der Waals surface area contributed by atoms with Crippen molar-refractivity contribution in [2.45, 2.75) is 38.6 Å². The van der Waals surface area contributed by atoms with E-state index in [0.29, 0.717) is 32.6 Å². The first-order valence-electron chi connectivity index (χ1n) is 10.1. The molecule has 1 aliphatic carbocycles. The van der Waals surface area contributed by atoms with Crippen molar-refractivity contribution in [3.63, 3.8) is 0 Å². The molecule has 0 aromatic heterocycles. The summed E-state index contributed by atoms with van der Waals surface area (Å²) in [5.41, 5.74) is 1.70. The molecule has 7 heteroatoms. The number of carboxylic acids is 1. The molecule has 1 aromatic carbocycles. The summed E-state index contributed by atoms with van der Waals surface area (Å²) in [6.45, 7) is 2.37. The summed E-state index contributed by atoms with van der Waals surface area (Å²) in [4.78, 5) is 40.1. The maximum atomic E-state index is 12.5. The van der Waals surface area contributed by atoms with Crippen LogP contribution in [-0.4, -0.2) is 59.0 Å². The fourth-order valence-corrected chi connectivity index (χ4v) is 5.04. The minimum atomic E-state index is -0.774. The van der Waals surface area contributed by atoms with Gasteiger partial charge in [0, 0.05) is 39.1 Å². The number of nitrogens with one attached hydrogen (secondary N) is 1. The van der Waals surface area contributed by atoms with E-state index in [4.69, 9.17) is 0 Å². The molecule has 4 rings (SSSR count). The molecule has 2 N–H and O–H groups in total. The van der Waals surface area contributed by atoms with Gasteiger partial charge in [0.25, 0.3) is 0 Å². The molecule has 3 aliphatic rings. The Bertz CT molecular complexity index is 796. The van der Waals surface area contributed by atoms with E-state index in [1.54, 1.807) is 9.80 Å². The van der Waals surface area contributed by atoms with E-state index in [2.05, 4.69) is 11.4 Å². The minimum absolute atomic E-state index is 0.0666. The molecule has 2 fully saturated rings. The van der Waals surface area contributed by atoms with Gasteiger partial charge in [-0.1, -0.05) is 30.7 Å². The highest BCUT2D eigenvalue weighted by molar-refractivity contribution is 5.82. The van der Waals surface area contributed by atoms with E-state index in [1.807, 2.05) is 18.2 Å². The van der Waals surface area contributed by atoms with Gasteiger partial charge in [-0.15, -0.1) is 0 Å². The third kappa shape index (κ3) is 3.34. The zero-order valence-corrected chi connectivity index (χ0v) is 16.0. The third-order valence-corrected chi connectivity index (χ3v) is 6.68. The van der Waals surface area contributed by atoms with Gasteiger partial charge in [0.15, 0.2) is 0 Å². The van der Waals surface area contributed by atoms with Crippen LogP contribution in [0.4, 0.5) is 4.79 Å². The van der Waals surface area contributed by atoms with Crippen LogP contribution in [0.1, 0.15) is 36.8 Å². The molecule has 2 aliphatic heterocycles. The lowest BCUT2D eigenvalue weighted by atomic mass is 9.81. The second kappa shape index (κ2) is 7.45. The Kier molecular flexibility index (Phi) is 5.00. The van der Waals surface area contributed by atoms with Crippen molar-refractivity contribution in [2.24, 2.45) is 11.3 Å². The molecule has 0 unspecified atom stereocenters. The van der Waals surface area contributed by atoms with E-state index < -0.39 is 11.4 Å². The molecule has 3 amide bonds. The van der Waals surface area contributed by atoms with Gasteiger partial charge < -0.3 is 20.2 Å². The number of carboxylic acid groups (broad SMARTS) is 1. The third-order valence-electron chi connectivity index (χ3n) is 6.68. The van der Waals surface area contributed by atoms with Gasteiger partial charge in [0.05, 0.1) is 5.41 Å². The monoisotopic (exact) mass is 385 g/mol. The highest BCUT2D eigenvalue weighted by Gasteiger charge is 2.55. The van der Waals surface area contributed by atoms with Gasteiger partial charge in [0.2, 0.25) is 5.91 Å². The Morgan fingerprint density at radius 3 is 2.71 bits per heavy atom. The predicted octanol–water partition coefficient (Wildman–Crippen LogP) is 1.86. The predicted molar refractivity (Wildman–Crippen MR) is 103 cm³/mol. The van der Waals surface area contributed by atoms with Crippen molar-refractivity contribution >= 4 is 17.9 Å². The normalized spacial score (nSPS) is 25.9. The van der Waals surface area contributed by atoms with Gasteiger partial charge >= 0.3 is 12.0 Å². The largest absolute Gasteiger partial charge is 0.481 e. The van der Waals surface area contributed by atoms with Crippen molar-refractivity contribution in [1.82, 2.24) is 15.1 Å². The summed E-state index contributed by atoms with van der Waals surface area (Å²) >= 11 is 0. The highest BCUT2D eigenvalue weighted by Crippen LogP contribution is 2.48. The SMILES string of the molecule is O=C(CCNC(=O)N1CCc2ccccc2C1)N1C[C@@H]2CCC[C@@]2(C(=O)O)C1. The van der Waals surface area contributed by atoms with E-state index in [9.17, 15) is 19.5 Å². The lowest BCUT2D eigenvalue weighted by molar-refractivity contribution is -0.149. The summed E-state index contributed by atoms with van der Waals surface area (Å²) in [6.07, 6.45) is 3.51. The molecule has 2 heterocycles. The average molecular weight is 385 g/mol. The second-order valence-electron chi connectivity index (χ2n) is 8.25. The molecule has 150 valence electrons. The topological polar surface area (TPSA) is 90.0 Å². The molecular weight excluding hydrogens is 358 g/mol. The molecule has 0 radical (unpaired) electrons. The number of likely N-dealkylation sites (tertiary alicyclic amines) is 1. The van der Waals surface area contributed by atoms with Crippen molar-refractivity contribution in [2.75, 3.05) is 26.2 Å². The lowest BCUT2D eigenvalue weighted by Crippen LogP contribution is -2.44. The molecule has 0 spiro atoms. The molecule has 2 atom stereocenters. The zero-order chi connectivity index (χ0) is 19.7. The number of amides is 3. The van der Waals surface area contributed by atoms with Crippen LogP contribution in [0.15, 0.2) is 24.3 Å². The lowest BCUT2D eigenvalue weighted by Gasteiger charge is -2.29. The smallest absolute Gasteiger partial charge is 0.317 e. The zero-order valence-electron chi connectivity index (χ0n) is 16.0. The molecule has 1 saturated carbocycles. The van der Waals surface area contributed by atoms with Crippen LogP contribution in [0, 0.1) is 11.3 Å². The number of carbonyl (C=O) groups is 3. The molecular formula is C21H27N3O4. The van der Waals surface area contributed by atoms with E-state index in [-0.39, 0.29) is 30.8 Å². The number of fused-ring (bicyclic) bond motifs is 2. The van der Waals surface area contributed by atoms with Crippen molar-refractivity contribution in [3.8, 4) is 0 Å². The fraction of sp³-hybridized carbons (Fsp3) is 0.571. The van der Waals surface area contributed by atoms with Gasteiger partial charge in [-0.25, -0.2) is 4.79 Å². The Balaban J connectivity index is 1.25. The quantitative estimate of drug-likeness (QED) is 0.828. The number of aliphatic carboxylic acids is 1. The maximum absolute atomic E-state index is 12.5. The first-order chi connectivity index (χ1) is 13.5.